The van der Waals surface area contributed by atoms with Gasteiger partial charge in [0, 0.05) is 11.8 Å². The van der Waals surface area contributed by atoms with Gasteiger partial charge in [-0.2, -0.15) is 13.2 Å². The molecule has 2 bridgehead atoms. The maximum absolute atomic E-state index is 13.1. The Balaban J connectivity index is 1.52. The molecule has 2 amide bonds. The van der Waals surface area contributed by atoms with Gasteiger partial charge in [-0.15, -0.1) is 0 Å². The topological polar surface area (TPSA) is 37.4 Å². The average molecular weight is 373 g/mol. The summed E-state index contributed by atoms with van der Waals surface area (Å²) in [6.07, 6.45) is 3.88. The van der Waals surface area contributed by atoms with E-state index in [2.05, 4.69) is 0 Å². The van der Waals surface area contributed by atoms with Gasteiger partial charge in [0.05, 0.1) is 23.1 Å². The fourth-order valence-corrected chi connectivity index (χ4v) is 5.40. The molecule has 1 aromatic rings. The van der Waals surface area contributed by atoms with Crippen molar-refractivity contribution in [3.8, 4) is 0 Å². The standard InChI is InChI=1S/C21H18F3NO2/c22-21(23,24)12-6-3-7-13(10-12)25-19(26)17-14-8-9-15(18(17)20(25)27)16(14)11-4-1-2-5-11/h3,6-10,14-15,17-18H,1-2,4-5H2/t14-,15+,17+,18-. The third-order valence-corrected chi connectivity index (χ3v) is 6.46. The van der Waals surface area contributed by atoms with Crippen LogP contribution in [0.25, 0.3) is 0 Å². The molecule has 0 spiro atoms. The van der Waals surface area contributed by atoms with Gasteiger partial charge in [0.15, 0.2) is 0 Å². The molecule has 5 rings (SSSR count). The van der Waals surface area contributed by atoms with Gasteiger partial charge in [-0.05, 0) is 43.9 Å². The number of allylic oxidation sites excluding steroid dienone is 4. The molecule has 0 aromatic heterocycles. The first-order valence-corrected chi connectivity index (χ1v) is 9.33. The summed E-state index contributed by atoms with van der Waals surface area (Å²) in [5.74, 6) is -1.80. The molecular formula is C21H18F3NO2. The van der Waals surface area contributed by atoms with Gasteiger partial charge in [0.2, 0.25) is 11.8 Å². The van der Waals surface area contributed by atoms with Crippen LogP contribution in [0.5, 0.6) is 0 Å². The fourth-order valence-electron chi connectivity index (χ4n) is 5.40. The second-order valence-corrected chi connectivity index (χ2v) is 7.81. The number of nitrogens with zero attached hydrogens (tertiary/aromatic N) is 1. The number of hydrogen-bond acceptors (Lipinski definition) is 2. The van der Waals surface area contributed by atoms with Gasteiger partial charge >= 0.3 is 6.18 Å². The summed E-state index contributed by atoms with van der Waals surface area (Å²) in [6.45, 7) is 0. The highest BCUT2D eigenvalue weighted by atomic mass is 19.4. The summed E-state index contributed by atoms with van der Waals surface area (Å²) in [7, 11) is 0. The van der Waals surface area contributed by atoms with E-state index in [1.165, 1.54) is 23.3 Å². The molecule has 1 saturated heterocycles. The van der Waals surface area contributed by atoms with Crippen LogP contribution in [0.1, 0.15) is 31.2 Å². The monoisotopic (exact) mass is 373 g/mol. The molecule has 1 aromatic carbocycles. The second kappa shape index (κ2) is 5.57. The molecule has 6 heteroatoms. The molecule has 27 heavy (non-hydrogen) atoms. The zero-order valence-electron chi connectivity index (χ0n) is 14.5. The van der Waals surface area contributed by atoms with Crippen LogP contribution in [0.3, 0.4) is 0 Å². The third kappa shape index (κ3) is 2.28. The van der Waals surface area contributed by atoms with Crippen LogP contribution >= 0.6 is 0 Å². The molecule has 4 atom stereocenters. The van der Waals surface area contributed by atoms with Crippen molar-refractivity contribution in [2.75, 3.05) is 4.90 Å². The molecule has 140 valence electrons. The predicted octanol–water partition coefficient (Wildman–Crippen LogP) is 4.50. The lowest BCUT2D eigenvalue weighted by atomic mass is 9.85. The first-order valence-electron chi connectivity index (χ1n) is 9.33. The third-order valence-electron chi connectivity index (χ3n) is 6.46. The van der Waals surface area contributed by atoms with E-state index in [9.17, 15) is 22.8 Å². The average Bonchev–Trinajstić information content (AvgIpc) is 3.37. The van der Waals surface area contributed by atoms with Crippen molar-refractivity contribution >= 4 is 17.5 Å². The number of hydrogen-bond donors (Lipinski definition) is 0. The highest BCUT2D eigenvalue weighted by Crippen LogP contribution is 2.58. The predicted molar refractivity (Wildman–Crippen MR) is 92.5 cm³/mol. The largest absolute Gasteiger partial charge is 0.416 e. The quantitative estimate of drug-likeness (QED) is 0.537. The Morgan fingerprint density at radius 3 is 2.07 bits per heavy atom. The Bertz CT molecular complexity index is 872. The van der Waals surface area contributed by atoms with Crippen molar-refractivity contribution in [3.63, 3.8) is 0 Å². The van der Waals surface area contributed by atoms with Crippen molar-refractivity contribution in [1.29, 1.82) is 0 Å². The van der Waals surface area contributed by atoms with E-state index < -0.39 is 23.6 Å². The number of halogens is 3. The number of carbonyl (C=O) groups excluding carboxylic acids is 2. The normalized spacial score (nSPS) is 32.2. The summed E-state index contributed by atoms with van der Waals surface area (Å²) >= 11 is 0. The van der Waals surface area contributed by atoms with Crippen molar-refractivity contribution in [2.45, 2.75) is 31.9 Å². The molecule has 1 aliphatic heterocycles. The maximum Gasteiger partial charge on any atom is 0.416 e. The van der Waals surface area contributed by atoms with Crippen LogP contribution in [0.4, 0.5) is 18.9 Å². The van der Waals surface area contributed by atoms with Crippen LogP contribution in [-0.4, -0.2) is 11.8 Å². The van der Waals surface area contributed by atoms with Gasteiger partial charge < -0.3 is 0 Å². The highest BCUT2D eigenvalue weighted by Gasteiger charge is 2.62. The van der Waals surface area contributed by atoms with E-state index in [4.69, 9.17) is 0 Å². The van der Waals surface area contributed by atoms with E-state index in [0.717, 1.165) is 42.7 Å². The number of rotatable bonds is 1. The second-order valence-electron chi connectivity index (χ2n) is 7.81. The highest BCUT2D eigenvalue weighted by molar-refractivity contribution is 6.23. The molecule has 2 saturated carbocycles. The first kappa shape index (κ1) is 16.8. The van der Waals surface area contributed by atoms with Crippen LogP contribution in [0.2, 0.25) is 0 Å². The van der Waals surface area contributed by atoms with Gasteiger partial charge in [0.25, 0.3) is 0 Å². The lowest BCUT2D eigenvalue weighted by molar-refractivity contribution is -0.137. The van der Waals surface area contributed by atoms with Crippen LogP contribution < -0.4 is 4.90 Å². The van der Waals surface area contributed by atoms with E-state index in [0.29, 0.717) is 0 Å². The van der Waals surface area contributed by atoms with Gasteiger partial charge in [0.1, 0.15) is 0 Å². The molecule has 0 unspecified atom stereocenters. The first-order chi connectivity index (χ1) is 12.9. The van der Waals surface area contributed by atoms with Gasteiger partial charge in [-0.1, -0.05) is 29.4 Å². The summed E-state index contributed by atoms with van der Waals surface area (Å²) in [5, 5.41) is 0. The minimum atomic E-state index is -4.52. The van der Waals surface area contributed by atoms with Crippen molar-refractivity contribution < 1.29 is 22.8 Å². The number of anilines is 1. The summed E-state index contributed by atoms with van der Waals surface area (Å²) in [5.41, 5.74) is 1.79. The lowest BCUT2D eigenvalue weighted by Crippen LogP contribution is -2.33. The number of benzene rings is 1. The van der Waals surface area contributed by atoms with Crippen LogP contribution in [0.15, 0.2) is 47.6 Å². The summed E-state index contributed by atoms with van der Waals surface area (Å²) < 4.78 is 39.1. The van der Waals surface area contributed by atoms with E-state index in [1.807, 2.05) is 12.2 Å². The summed E-state index contributed by atoms with van der Waals surface area (Å²) in [6, 6.07) is 4.48. The Morgan fingerprint density at radius 2 is 1.52 bits per heavy atom. The Kier molecular flexibility index (Phi) is 3.46. The number of alkyl halides is 3. The Hall–Kier alpha value is -2.37. The molecular weight excluding hydrogens is 355 g/mol. The maximum atomic E-state index is 13.1. The minimum absolute atomic E-state index is 0.0173. The Morgan fingerprint density at radius 1 is 0.926 bits per heavy atom. The molecule has 3 nitrogen and oxygen atoms in total. The number of imide groups is 1. The van der Waals surface area contributed by atoms with E-state index >= 15 is 0 Å². The molecule has 0 N–H and O–H groups in total. The van der Waals surface area contributed by atoms with Crippen LogP contribution in [-0.2, 0) is 15.8 Å². The number of amides is 2. The zero-order chi connectivity index (χ0) is 18.9. The van der Waals surface area contributed by atoms with Crippen molar-refractivity contribution in [3.05, 3.63) is 53.1 Å². The van der Waals surface area contributed by atoms with Gasteiger partial charge in [-0.3, -0.25) is 9.59 Å². The van der Waals surface area contributed by atoms with Crippen LogP contribution in [0, 0.1) is 23.7 Å². The minimum Gasteiger partial charge on any atom is -0.274 e. The van der Waals surface area contributed by atoms with E-state index in [1.54, 1.807) is 0 Å². The van der Waals surface area contributed by atoms with E-state index in [-0.39, 0.29) is 29.3 Å². The lowest BCUT2D eigenvalue weighted by Gasteiger charge is -2.20. The molecule has 0 radical (unpaired) electrons. The number of carbonyl (C=O) groups is 2. The smallest absolute Gasteiger partial charge is 0.274 e. The number of fused-ring (bicyclic) bond motifs is 5. The fraction of sp³-hybridized carbons (Fsp3) is 0.429. The Labute approximate surface area is 154 Å². The molecule has 3 fully saturated rings. The zero-order valence-corrected chi connectivity index (χ0v) is 14.5. The van der Waals surface area contributed by atoms with Gasteiger partial charge in [-0.25, -0.2) is 4.90 Å². The van der Waals surface area contributed by atoms with Crippen molar-refractivity contribution in [1.82, 2.24) is 0 Å². The molecule has 4 aliphatic rings. The summed E-state index contributed by atoms with van der Waals surface area (Å²) in [4.78, 5) is 27.1. The van der Waals surface area contributed by atoms with Crippen molar-refractivity contribution in [2.24, 2.45) is 23.7 Å². The molecule has 1 heterocycles. The molecule has 3 aliphatic carbocycles. The SMILES string of the molecule is O=C1[C@@H]2[C@H](C(=O)N1c1cccc(C(F)(F)F)c1)[C@H]1C=C[C@@H]2C1=C1CCCC1.